The first-order chi connectivity index (χ1) is 5.66. The molecule has 0 aromatic carbocycles. The summed E-state index contributed by atoms with van der Waals surface area (Å²) in [5.41, 5.74) is 1.43. The van der Waals surface area contributed by atoms with Gasteiger partial charge in [-0.3, -0.25) is 0 Å². The Morgan fingerprint density at radius 2 is 1.92 bits per heavy atom. The van der Waals surface area contributed by atoms with Gasteiger partial charge in [0.15, 0.2) is 0 Å². The highest BCUT2D eigenvalue weighted by molar-refractivity contribution is 5.75. The number of carbonyl (C=O) groups excluding carboxylic acids is 1. The Balaban J connectivity index is 3.47. The molecule has 0 aliphatic carbocycles. The summed E-state index contributed by atoms with van der Waals surface area (Å²) in [6, 6.07) is 0. The summed E-state index contributed by atoms with van der Waals surface area (Å²) in [5, 5.41) is 0. The lowest BCUT2D eigenvalue weighted by molar-refractivity contribution is -0.116. The van der Waals surface area contributed by atoms with E-state index in [0.29, 0.717) is 6.42 Å². The van der Waals surface area contributed by atoms with Crippen molar-refractivity contribution in [3.8, 4) is 0 Å². The quantitative estimate of drug-likeness (QED) is 0.555. The van der Waals surface area contributed by atoms with Crippen LogP contribution in [0.15, 0.2) is 11.6 Å². The van der Waals surface area contributed by atoms with Crippen LogP contribution in [0.3, 0.4) is 0 Å². The molecule has 0 rings (SSSR count). The molecule has 0 fully saturated rings. The van der Waals surface area contributed by atoms with Crippen molar-refractivity contribution < 1.29 is 4.79 Å². The standard InChI is InChI=1S/C11H20O/c1-4-5-7-10(2)8-6-9-11(3)12/h8H,4-7,9H2,1-3H3. The van der Waals surface area contributed by atoms with Gasteiger partial charge < -0.3 is 4.79 Å². The predicted molar refractivity (Wildman–Crippen MR) is 53.2 cm³/mol. The fourth-order valence-corrected chi connectivity index (χ4v) is 1.08. The van der Waals surface area contributed by atoms with Crippen LogP contribution in [0.5, 0.6) is 0 Å². The number of allylic oxidation sites excluding steroid dienone is 2. The summed E-state index contributed by atoms with van der Waals surface area (Å²) in [7, 11) is 0. The van der Waals surface area contributed by atoms with Gasteiger partial charge in [-0.05, 0) is 33.1 Å². The summed E-state index contributed by atoms with van der Waals surface area (Å²) in [5.74, 6) is 0.287. The molecular weight excluding hydrogens is 148 g/mol. The van der Waals surface area contributed by atoms with Gasteiger partial charge in [0.25, 0.3) is 0 Å². The number of hydrogen-bond donors (Lipinski definition) is 0. The average molecular weight is 168 g/mol. The van der Waals surface area contributed by atoms with Crippen molar-refractivity contribution in [1.82, 2.24) is 0 Å². The van der Waals surface area contributed by atoms with Crippen LogP contribution in [0.2, 0.25) is 0 Å². The maximum atomic E-state index is 10.6. The Bertz CT molecular complexity index is 156. The smallest absolute Gasteiger partial charge is 0.130 e. The Morgan fingerprint density at radius 1 is 1.25 bits per heavy atom. The number of ketones is 1. The van der Waals surface area contributed by atoms with Gasteiger partial charge in [-0.2, -0.15) is 0 Å². The third kappa shape index (κ3) is 7.52. The van der Waals surface area contributed by atoms with Gasteiger partial charge in [0.05, 0.1) is 0 Å². The first-order valence-electron chi connectivity index (χ1n) is 4.82. The number of Topliss-reactive ketones (excluding diaryl/α,β-unsaturated/α-hetero) is 1. The Labute approximate surface area is 75.9 Å². The first-order valence-corrected chi connectivity index (χ1v) is 4.82. The van der Waals surface area contributed by atoms with E-state index < -0.39 is 0 Å². The van der Waals surface area contributed by atoms with Gasteiger partial charge in [-0.1, -0.05) is 25.0 Å². The molecular formula is C11H20O. The number of hydrogen-bond acceptors (Lipinski definition) is 1. The van der Waals surface area contributed by atoms with Crippen LogP contribution in [0.4, 0.5) is 0 Å². The number of unbranched alkanes of at least 4 members (excludes halogenated alkanes) is 1. The molecule has 0 radical (unpaired) electrons. The van der Waals surface area contributed by atoms with Crippen molar-refractivity contribution in [3.05, 3.63) is 11.6 Å². The van der Waals surface area contributed by atoms with Crippen LogP contribution in [-0.2, 0) is 4.79 Å². The van der Waals surface area contributed by atoms with E-state index in [0.717, 1.165) is 6.42 Å². The molecule has 0 bridgehead atoms. The molecule has 0 heterocycles. The molecule has 0 unspecified atom stereocenters. The zero-order chi connectivity index (χ0) is 9.40. The van der Waals surface area contributed by atoms with Crippen LogP contribution in [0.25, 0.3) is 0 Å². The van der Waals surface area contributed by atoms with E-state index in [1.54, 1.807) is 6.92 Å². The monoisotopic (exact) mass is 168 g/mol. The van der Waals surface area contributed by atoms with Crippen molar-refractivity contribution in [1.29, 1.82) is 0 Å². The van der Waals surface area contributed by atoms with E-state index in [4.69, 9.17) is 0 Å². The molecule has 0 saturated carbocycles. The van der Waals surface area contributed by atoms with Crippen molar-refractivity contribution >= 4 is 5.78 Å². The van der Waals surface area contributed by atoms with Crippen LogP contribution in [0, 0.1) is 0 Å². The average Bonchev–Trinajstić information content (AvgIpc) is 2.00. The molecule has 0 spiro atoms. The Kier molecular flexibility index (Phi) is 6.73. The molecule has 0 aromatic rings. The van der Waals surface area contributed by atoms with E-state index in [1.807, 2.05) is 0 Å². The maximum absolute atomic E-state index is 10.6. The van der Waals surface area contributed by atoms with Crippen molar-refractivity contribution in [2.75, 3.05) is 0 Å². The molecule has 1 heteroatoms. The second kappa shape index (κ2) is 7.08. The lowest BCUT2D eigenvalue weighted by Gasteiger charge is -1.98. The molecule has 70 valence electrons. The molecule has 0 amide bonds. The fourth-order valence-electron chi connectivity index (χ4n) is 1.08. The molecule has 0 atom stereocenters. The minimum atomic E-state index is 0.287. The van der Waals surface area contributed by atoms with Crippen LogP contribution < -0.4 is 0 Å². The summed E-state index contributed by atoms with van der Waals surface area (Å²) < 4.78 is 0. The van der Waals surface area contributed by atoms with E-state index in [2.05, 4.69) is 19.9 Å². The highest BCUT2D eigenvalue weighted by Gasteiger charge is 1.92. The van der Waals surface area contributed by atoms with Crippen molar-refractivity contribution in [2.45, 2.75) is 52.9 Å². The minimum absolute atomic E-state index is 0.287. The van der Waals surface area contributed by atoms with Gasteiger partial charge in [-0.15, -0.1) is 0 Å². The van der Waals surface area contributed by atoms with Crippen LogP contribution in [-0.4, -0.2) is 5.78 Å². The lowest BCUT2D eigenvalue weighted by atomic mass is 10.1. The van der Waals surface area contributed by atoms with E-state index >= 15 is 0 Å². The van der Waals surface area contributed by atoms with E-state index in [-0.39, 0.29) is 5.78 Å². The number of rotatable bonds is 6. The summed E-state index contributed by atoms with van der Waals surface area (Å²) >= 11 is 0. The lowest BCUT2D eigenvalue weighted by Crippen LogP contribution is -1.87. The second-order valence-corrected chi connectivity index (χ2v) is 3.39. The maximum Gasteiger partial charge on any atom is 0.130 e. The zero-order valence-corrected chi connectivity index (χ0v) is 8.52. The molecule has 0 aromatic heterocycles. The zero-order valence-electron chi connectivity index (χ0n) is 8.52. The molecule has 12 heavy (non-hydrogen) atoms. The highest BCUT2D eigenvalue weighted by Crippen LogP contribution is 2.07. The molecule has 0 aliphatic heterocycles. The van der Waals surface area contributed by atoms with Gasteiger partial charge in [0.1, 0.15) is 5.78 Å². The summed E-state index contributed by atoms with van der Waals surface area (Å²) in [6.45, 7) is 5.99. The topological polar surface area (TPSA) is 17.1 Å². The van der Waals surface area contributed by atoms with Crippen LogP contribution >= 0.6 is 0 Å². The highest BCUT2D eigenvalue weighted by atomic mass is 16.1. The SMILES string of the molecule is CCCCC(C)=CCCC(C)=O. The largest absolute Gasteiger partial charge is 0.300 e. The van der Waals surface area contributed by atoms with Gasteiger partial charge >= 0.3 is 0 Å². The van der Waals surface area contributed by atoms with E-state index in [9.17, 15) is 4.79 Å². The van der Waals surface area contributed by atoms with Gasteiger partial charge in [-0.25, -0.2) is 0 Å². The first kappa shape index (κ1) is 11.4. The van der Waals surface area contributed by atoms with Gasteiger partial charge in [0.2, 0.25) is 0 Å². The predicted octanol–water partition coefficient (Wildman–Crippen LogP) is 3.49. The Hall–Kier alpha value is -0.590. The second-order valence-electron chi connectivity index (χ2n) is 3.39. The molecule has 0 saturated heterocycles. The van der Waals surface area contributed by atoms with E-state index in [1.165, 1.54) is 24.8 Å². The molecule has 1 nitrogen and oxygen atoms in total. The fraction of sp³-hybridized carbons (Fsp3) is 0.727. The van der Waals surface area contributed by atoms with Gasteiger partial charge in [0, 0.05) is 6.42 Å². The third-order valence-electron chi connectivity index (χ3n) is 1.91. The Morgan fingerprint density at radius 3 is 2.42 bits per heavy atom. The summed E-state index contributed by atoms with van der Waals surface area (Å²) in [6.07, 6.45) is 7.51. The molecule has 0 N–H and O–H groups in total. The third-order valence-corrected chi connectivity index (χ3v) is 1.91. The number of carbonyl (C=O) groups is 1. The van der Waals surface area contributed by atoms with Crippen molar-refractivity contribution in [2.24, 2.45) is 0 Å². The van der Waals surface area contributed by atoms with Crippen molar-refractivity contribution in [3.63, 3.8) is 0 Å². The normalized spacial score (nSPS) is 11.8. The summed E-state index contributed by atoms with van der Waals surface area (Å²) in [4.78, 5) is 10.6. The van der Waals surface area contributed by atoms with Crippen LogP contribution in [0.1, 0.15) is 52.9 Å². The molecule has 0 aliphatic rings. The minimum Gasteiger partial charge on any atom is -0.300 e.